The first-order valence-corrected chi connectivity index (χ1v) is 7.21. The van der Waals surface area contributed by atoms with Gasteiger partial charge in [0.25, 0.3) is 0 Å². The number of aromatic nitrogens is 2. The molecule has 2 heterocycles. The van der Waals surface area contributed by atoms with Crippen LogP contribution in [-0.2, 0) is 13.8 Å². The van der Waals surface area contributed by atoms with Crippen molar-refractivity contribution in [2.75, 3.05) is 6.61 Å². The van der Waals surface area contributed by atoms with Gasteiger partial charge in [-0.25, -0.2) is 4.79 Å². The molecule has 0 aliphatic carbocycles. The lowest BCUT2D eigenvalue weighted by Gasteiger charge is -2.17. The van der Waals surface area contributed by atoms with Gasteiger partial charge < -0.3 is 9.84 Å². The molecule has 1 aromatic heterocycles. The van der Waals surface area contributed by atoms with E-state index >= 15 is 0 Å². The van der Waals surface area contributed by atoms with Gasteiger partial charge in [-0.3, -0.25) is 4.57 Å². The second kappa shape index (κ2) is 6.07. The summed E-state index contributed by atoms with van der Waals surface area (Å²) in [5.41, 5.74) is 0.124. The van der Waals surface area contributed by atoms with Crippen LogP contribution in [0.1, 0.15) is 18.8 Å². The summed E-state index contributed by atoms with van der Waals surface area (Å²) in [6.07, 6.45) is -0.804. The molecule has 1 aliphatic heterocycles. The fourth-order valence-corrected chi connectivity index (χ4v) is 2.45. The van der Waals surface area contributed by atoms with Gasteiger partial charge in [0.2, 0.25) is 0 Å². The molecule has 0 radical (unpaired) electrons. The molecule has 0 saturated carbocycles. The Bertz CT molecular complexity index is 562. The van der Waals surface area contributed by atoms with Crippen LogP contribution in [0.4, 0.5) is 0 Å². The molecular formula is C11H16N2O6P+. The predicted molar refractivity (Wildman–Crippen MR) is 68.1 cm³/mol. The highest BCUT2D eigenvalue weighted by molar-refractivity contribution is 7.32. The number of hydrogen-bond acceptors (Lipinski definition) is 6. The molecule has 20 heavy (non-hydrogen) atoms. The van der Waals surface area contributed by atoms with Gasteiger partial charge in [-0.05, 0) is 13.0 Å². The molecule has 1 aliphatic rings. The number of rotatable bonds is 4. The number of nitrogens with zero attached hydrogens (tertiary/aromatic N) is 2. The van der Waals surface area contributed by atoms with Crippen molar-refractivity contribution in [3.8, 4) is 0 Å². The fraction of sp³-hybridized carbons (Fsp3) is 0.636. The monoisotopic (exact) mass is 303 g/mol. The zero-order valence-electron chi connectivity index (χ0n) is 11.0. The van der Waals surface area contributed by atoms with E-state index in [1.54, 1.807) is 26.1 Å². The highest BCUT2D eigenvalue weighted by Crippen LogP contribution is 2.34. The van der Waals surface area contributed by atoms with E-state index < -0.39 is 32.4 Å². The average molecular weight is 303 g/mol. The van der Waals surface area contributed by atoms with E-state index in [9.17, 15) is 14.5 Å². The van der Waals surface area contributed by atoms with Gasteiger partial charge in [0.1, 0.15) is 18.9 Å². The standard InChI is InChI=1S/C11H15N2O6P/c1-6-3-4-13(11(15)12-6)10-7(2)9(14)8(19-10)5-18-20(16)17/h3-4,7-10,14H,5H2,1-2H3/p+1. The molecule has 9 heteroatoms. The first-order valence-electron chi connectivity index (χ1n) is 6.08. The number of aliphatic hydroxyl groups excluding tert-OH is 1. The molecule has 2 rings (SSSR count). The van der Waals surface area contributed by atoms with E-state index in [0.29, 0.717) is 5.69 Å². The summed E-state index contributed by atoms with van der Waals surface area (Å²) in [6, 6.07) is 1.66. The van der Waals surface area contributed by atoms with Gasteiger partial charge in [0.05, 0.1) is 6.10 Å². The molecule has 0 amide bonds. The normalized spacial score (nSPS) is 30.5. The maximum atomic E-state index is 11.8. The van der Waals surface area contributed by atoms with Crippen LogP contribution in [0, 0.1) is 12.8 Å². The van der Waals surface area contributed by atoms with Crippen molar-refractivity contribution in [2.45, 2.75) is 32.3 Å². The van der Waals surface area contributed by atoms with Gasteiger partial charge in [-0.15, -0.1) is 9.42 Å². The Morgan fingerprint density at radius 1 is 1.60 bits per heavy atom. The summed E-state index contributed by atoms with van der Waals surface area (Å²) in [6.45, 7) is 3.20. The zero-order chi connectivity index (χ0) is 14.9. The van der Waals surface area contributed by atoms with Gasteiger partial charge in [-0.2, -0.15) is 4.98 Å². The molecule has 5 atom stereocenters. The molecule has 1 aromatic rings. The van der Waals surface area contributed by atoms with Crippen LogP contribution in [0.25, 0.3) is 0 Å². The van der Waals surface area contributed by atoms with Crippen molar-refractivity contribution < 1.29 is 23.8 Å². The van der Waals surface area contributed by atoms with Gasteiger partial charge in [-0.1, -0.05) is 6.92 Å². The number of aliphatic hydroxyl groups is 1. The quantitative estimate of drug-likeness (QED) is 0.759. The van der Waals surface area contributed by atoms with Gasteiger partial charge >= 0.3 is 13.9 Å². The minimum absolute atomic E-state index is 0.220. The van der Waals surface area contributed by atoms with E-state index in [1.807, 2.05) is 0 Å². The van der Waals surface area contributed by atoms with E-state index in [4.69, 9.17) is 9.63 Å². The average Bonchev–Trinajstić information content (AvgIpc) is 2.64. The highest BCUT2D eigenvalue weighted by atomic mass is 31.1. The molecule has 0 bridgehead atoms. The fourth-order valence-electron chi connectivity index (χ4n) is 2.18. The third kappa shape index (κ3) is 3.11. The molecule has 0 spiro atoms. The molecular weight excluding hydrogens is 287 g/mol. The van der Waals surface area contributed by atoms with E-state index in [1.165, 1.54) is 4.57 Å². The van der Waals surface area contributed by atoms with Crippen LogP contribution >= 0.6 is 8.25 Å². The Balaban J connectivity index is 2.17. The van der Waals surface area contributed by atoms with Crippen LogP contribution < -0.4 is 5.69 Å². The van der Waals surface area contributed by atoms with E-state index in [0.717, 1.165) is 0 Å². The topological polar surface area (TPSA) is 111 Å². The predicted octanol–water partition coefficient (Wildman–Crippen LogP) is 0.112. The maximum Gasteiger partial charge on any atom is 0.694 e. The number of ether oxygens (including phenoxy) is 1. The van der Waals surface area contributed by atoms with Crippen molar-refractivity contribution in [2.24, 2.45) is 5.92 Å². The Morgan fingerprint density at radius 3 is 2.90 bits per heavy atom. The first-order chi connectivity index (χ1) is 9.40. The molecule has 110 valence electrons. The second-order valence-electron chi connectivity index (χ2n) is 4.71. The van der Waals surface area contributed by atoms with Gasteiger partial charge in [0, 0.05) is 22.4 Å². The van der Waals surface area contributed by atoms with Crippen LogP contribution in [0.2, 0.25) is 0 Å². The summed E-state index contributed by atoms with van der Waals surface area (Å²) < 4.78 is 21.9. The van der Waals surface area contributed by atoms with Crippen LogP contribution in [0.3, 0.4) is 0 Å². The Labute approximate surface area is 115 Å². The Kier molecular flexibility index (Phi) is 4.62. The third-order valence-electron chi connectivity index (χ3n) is 3.28. The summed E-state index contributed by atoms with van der Waals surface area (Å²) in [5.74, 6) is -0.373. The van der Waals surface area contributed by atoms with Crippen molar-refractivity contribution >= 4 is 8.25 Å². The minimum atomic E-state index is -2.75. The molecule has 0 aromatic carbocycles. The van der Waals surface area contributed by atoms with E-state index in [2.05, 4.69) is 9.51 Å². The first kappa shape index (κ1) is 15.2. The highest BCUT2D eigenvalue weighted by Gasteiger charge is 2.43. The zero-order valence-corrected chi connectivity index (χ0v) is 11.9. The molecule has 2 N–H and O–H groups in total. The number of hydrogen-bond donors (Lipinski definition) is 2. The maximum absolute atomic E-state index is 11.8. The van der Waals surface area contributed by atoms with E-state index in [-0.39, 0.29) is 12.5 Å². The molecule has 1 saturated heterocycles. The minimum Gasteiger partial charge on any atom is -0.390 e. The molecule has 5 unspecified atom stereocenters. The summed E-state index contributed by atoms with van der Waals surface area (Å²) in [7, 11) is -2.75. The summed E-state index contributed by atoms with van der Waals surface area (Å²) >= 11 is 0. The lowest BCUT2D eigenvalue weighted by Crippen LogP contribution is -2.30. The third-order valence-corrected chi connectivity index (χ3v) is 3.65. The van der Waals surface area contributed by atoms with Crippen LogP contribution in [-0.4, -0.2) is 38.4 Å². The second-order valence-corrected chi connectivity index (χ2v) is 5.44. The van der Waals surface area contributed by atoms with Crippen molar-refractivity contribution in [1.82, 2.24) is 9.55 Å². The molecule has 1 fully saturated rings. The Morgan fingerprint density at radius 2 is 2.30 bits per heavy atom. The van der Waals surface area contributed by atoms with Crippen molar-refractivity contribution in [3.63, 3.8) is 0 Å². The number of aryl methyl sites for hydroxylation is 1. The summed E-state index contributed by atoms with van der Waals surface area (Å²) in [4.78, 5) is 24.2. The largest absolute Gasteiger partial charge is 0.694 e. The van der Waals surface area contributed by atoms with Gasteiger partial charge in [0.15, 0.2) is 0 Å². The Hall–Kier alpha value is -1.18. The smallest absolute Gasteiger partial charge is 0.390 e. The summed E-state index contributed by atoms with van der Waals surface area (Å²) in [5, 5.41) is 10.0. The lowest BCUT2D eigenvalue weighted by molar-refractivity contribution is -0.0432. The lowest BCUT2D eigenvalue weighted by atomic mass is 10.0. The van der Waals surface area contributed by atoms with Crippen molar-refractivity contribution in [1.29, 1.82) is 0 Å². The van der Waals surface area contributed by atoms with Crippen LogP contribution in [0.15, 0.2) is 17.1 Å². The SMILES string of the molecule is Cc1ccn(C2OC(CO[P+](=O)O)C(O)C2C)c(=O)n1. The van der Waals surface area contributed by atoms with Crippen molar-refractivity contribution in [3.05, 3.63) is 28.4 Å². The van der Waals surface area contributed by atoms with Crippen LogP contribution in [0.5, 0.6) is 0 Å². The molecule has 8 nitrogen and oxygen atoms in total.